The second-order valence-corrected chi connectivity index (χ2v) is 9.45. The molecule has 0 spiro atoms. The van der Waals surface area contributed by atoms with E-state index in [0.717, 1.165) is 23.0 Å². The highest BCUT2D eigenvalue weighted by Gasteiger charge is 2.52. The Morgan fingerprint density at radius 2 is 1.83 bits per heavy atom. The van der Waals surface area contributed by atoms with E-state index in [1.807, 2.05) is 66.7 Å². The van der Waals surface area contributed by atoms with Gasteiger partial charge in [0.2, 0.25) is 0 Å². The Labute approximate surface area is 175 Å². The molecule has 1 heterocycles. The van der Waals surface area contributed by atoms with E-state index in [4.69, 9.17) is 19.8 Å². The zero-order chi connectivity index (χ0) is 21.9. The Balaban J connectivity index is 2.26. The first kappa shape index (κ1) is 23.5. The van der Waals surface area contributed by atoms with Gasteiger partial charge >= 0.3 is 13.2 Å². The quantitative estimate of drug-likeness (QED) is 0.709. The minimum Gasteiger partial charge on any atom is -0.444 e. The van der Waals surface area contributed by atoms with Gasteiger partial charge in [-0.3, -0.25) is 0 Å². The number of alkyl carbamates (subject to hydrolysis) is 1. The van der Waals surface area contributed by atoms with Gasteiger partial charge in [-0.05, 0) is 78.0 Å². The van der Waals surface area contributed by atoms with Crippen LogP contribution in [0.1, 0.15) is 59.6 Å². The fourth-order valence-electron chi connectivity index (χ4n) is 2.90. The molecule has 7 heteroatoms. The summed E-state index contributed by atoms with van der Waals surface area (Å²) < 4.78 is 17.8. The van der Waals surface area contributed by atoms with Crippen molar-refractivity contribution in [2.75, 3.05) is 13.1 Å². The van der Waals surface area contributed by atoms with Crippen LogP contribution in [-0.2, 0) is 20.5 Å². The summed E-state index contributed by atoms with van der Waals surface area (Å²) in [6.07, 6.45) is 2.33. The average Bonchev–Trinajstić information content (AvgIpc) is 2.78. The summed E-state index contributed by atoms with van der Waals surface area (Å²) in [5, 5.41) is 2.82. The van der Waals surface area contributed by atoms with E-state index < -0.39 is 30.0 Å². The van der Waals surface area contributed by atoms with Crippen LogP contribution in [-0.4, -0.2) is 43.1 Å². The Morgan fingerprint density at radius 1 is 1.21 bits per heavy atom. The molecule has 0 unspecified atom stereocenters. The van der Waals surface area contributed by atoms with Gasteiger partial charge in [-0.15, -0.1) is 0 Å². The van der Waals surface area contributed by atoms with Crippen LogP contribution in [0.3, 0.4) is 0 Å². The van der Waals surface area contributed by atoms with Crippen molar-refractivity contribution in [2.24, 2.45) is 5.73 Å². The maximum absolute atomic E-state index is 12.2. The monoisotopic (exact) mass is 402 g/mol. The van der Waals surface area contributed by atoms with Gasteiger partial charge in [0.25, 0.3) is 0 Å². The first-order valence-corrected chi connectivity index (χ1v) is 10.1. The molecule has 29 heavy (non-hydrogen) atoms. The summed E-state index contributed by atoms with van der Waals surface area (Å²) in [5.41, 5.74) is 7.18. The summed E-state index contributed by atoms with van der Waals surface area (Å²) in [6.45, 7) is 14.4. The highest BCUT2D eigenvalue weighted by Crippen LogP contribution is 2.38. The Bertz CT molecular complexity index is 737. The second kappa shape index (κ2) is 8.90. The lowest BCUT2D eigenvalue weighted by molar-refractivity contribution is 0.00578. The number of hydrogen-bond acceptors (Lipinski definition) is 5. The molecule has 1 aromatic carbocycles. The standard InChI is InChI=1S/C22H35BN2O4/c1-20(2,3)27-19(26)25-15-18(23-28-21(4,5)22(6,7)29-23)14-17-10-8-9-16(13-17)11-12-24/h8-10,13-14H,11-12,15,24H2,1-7H3,(H,25,26). The van der Waals surface area contributed by atoms with Crippen LogP contribution in [0, 0.1) is 0 Å². The van der Waals surface area contributed by atoms with Crippen LogP contribution in [0.2, 0.25) is 0 Å². The highest BCUT2D eigenvalue weighted by atomic mass is 16.7. The van der Waals surface area contributed by atoms with E-state index in [2.05, 4.69) is 17.4 Å². The van der Waals surface area contributed by atoms with Crippen LogP contribution >= 0.6 is 0 Å². The van der Waals surface area contributed by atoms with Crippen LogP contribution in [0.15, 0.2) is 29.7 Å². The van der Waals surface area contributed by atoms with Crippen molar-refractivity contribution in [2.45, 2.75) is 71.7 Å². The van der Waals surface area contributed by atoms with Gasteiger partial charge < -0.3 is 25.1 Å². The molecule has 160 valence electrons. The van der Waals surface area contributed by atoms with Crippen LogP contribution in [0.5, 0.6) is 0 Å². The molecule has 0 atom stereocenters. The van der Waals surface area contributed by atoms with Crippen molar-refractivity contribution < 1.29 is 18.8 Å². The van der Waals surface area contributed by atoms with Crippen LogP contribution in [0.25, 0.3) is 6.08 Å². The second-order valence-electron chi connectivity index (χ2n) is 9.45. The molecule has 1 aromatic rings. The minimum atomic E-state index is -0.562. The molecular formula is C22H35BN2O4. The molecule has 2 rings (SSSR count). The number of hydrogen-bond donors (Lipinski definition) is 2. The lowest BCUT2D eigenvalue weighted by Crippen LogP contribution is -2.41. The van der Waals surface area contributed by atoms with E-state index in [9.17, 15) is 4.79 Å². The minimum absolute atomic E-state index is 0.257. The Hall–Kier alpha value is -1.83. The highest BCUT2D eigenvalue weighted by molar-refractivity contribution is 6.56. The number of ether oxygens (including phenoxy) is 1. The molecule has 1 saturated heterocycles. The third-order valence-corrected chi connectivity index (χ3v) is 5.13. The lowest BCUT2D eigenvalue weighted by atomic mass is 9.77. The van der Waals surface area contributed by atoms with E-state index >= 15 is 0 Å². The summed E-state index contributed by atoms with van der Waals surface area (Å²) in [6, 6.07) is 8.15. The first-order chi connectivity index (χ1) is 13.3. The number of carbonyl (C=O) groups excluding carboxylic acids is 1. The number of benzene rings is 1. The molecule has 0 aromatic heterocycles. The van der Waals surface area contributed by atoms with Gasteiger partial charge in [-0.1, -0.05) is 30.3 Å². The third kappa shape index (κ3) is 6.59. The van der Waals surface area contributed by atoms with E-state index in [-0.39, 0.29) is 6.54 Å². The van der Waals surface area contributed by atoms with Crippen molar-refractivity contribution >= 4 is 19.3 Å². The smallest absolute Gasteiger partial charge is 0.444 e. The van der Waals surface area contributed by atoms with Crippen LogP contribution in [0.4, 0.5) is 4.79 Å². The number of nitrogens with two attached hydrogens (primary N) is 1. The van der Waals surface area contributed by atoms with Crippen molar-refractivity contribution in [1.82, 2.24) is 5.32 Å². The normalized spacial score (nSPS) is 18.6. The SMILES string of the molecule is CC(C)(C)OC(=O)NCC(=Cc1cccc(CCN)c1)B1OC(C)(C)C(C)(C)O1. The van der Waals surface area contributed by atoms with E-state index in [1.54, 1.807) is 0 Å². The Kier molecular flexibility index (Phi) is 7.20. The zero-order valence-corrected chi connectivity index (χ0v) is 18.8. The molecule has 1 amide bonds. The van der Waals surface area contributed by atoms with Crippen LogP contribution < -0.4 is 11.1 Å². The third-order valence-electron chi connectivity index (χ3n) is 5.13. The first-order valence-electron chi connectivity index (χ1n) is 10.1. The predicted molar refractivity (Wildman–Crippen MR) is 117 cm³/mol. The summed E-state index contributed by atoms with van der Waals surface area (Å²) in [7, 11) is -0.562. The molecule has 3 N–H and O–H groups in total. The van der Waals surface area contributed by atoms with Crippen molar-refractivity contribution in [1.29, 1.82) is 0 Å². The number of nitrogens with one attached hydrogen (secondary N) is 1. The van der Waals surface area contributed by atoms with Gasteiger partial charge in [-0.25, -0.2) is 4.79 Å². The summed E-state index contributed by atoms with van der Waals surface area (Å²) >= 11 is 0. The van der Waals surface area contributed by atoms with E-state index in [0.29, 0.717) is 6.54 Å². The fourth-order valence-corrected chi connectivity index (χ4v) is 2.90. The largest absolute Gasteiger partial charge is 0.492 e. The van der Waals surface area contributed by atoms with Crippen molar-refractivity contribution in [3.63, 3.8) is 0 Å². The molecule has 1 fully saturated rings. The molecule has 0 bridgehead atoms. The van der Waals surface area contributed by atoms with E-state index in [1.165, 1.54) is 0 Å². The summed E-state index contributed by atoms with van der Waals surface area (Å²) in [5.74, 6) is 0. The molecule has 6 nitrogen and oxygen atoms in total. The maximum Gasteiger partial charge on any atom is 0.492 e. The van der Waals surface area contributed by atoms with Gasteiger partial charge in [0.05, 0.1) is 11.2 Å². The number of amides is 1. The number of rotatable bonds is 6. The molecular weight excluding hydrogens is 367 g/mol. The Morgan fingerprint density at radius 3 is 2.38 bits per heavy atom. The zero-order valence-electron chi connectivity index (χ0n) is 18.8. The van der Waals surface area contributed by atoms with Gasteiger partial charge in [0, 0.05) is 6.54 Å². The summed E-state index contributed by atoms with van der Waals surface area (Å²) in [4.78, 5) is 12.2. The lowest BCUT2D eigenvalue weighted by Gasteiger charge is -2.32. The molecule has 0 radical (unpaired) electrons. The molecule has 1 aliphatic rings. The molecule has 1 aliphatic heterocycles. The maximum atomic E-state index is 12.2. The topological polar surface area (TPSA) is 82.8 Å². The predicted octanol–water partition coefficient (Wildman–Crippen LogP) is 3.73. The number of carbonyl (C=O) groups is 1. The average molecular weight is 402 g/mol. The molecule has 0 aliphatic carbocycles. The van der Waals surface area contributed by atoms with Crippen molar-refractivity contribution in [3.8, 4) is 0 Å². The van der Waals surface area contributed by atoms with Gasteiger partial charge in [0.15, 0.2) is 0 Å². The van der Waals surface area contributed by atoms with Gasteiger partial charge in [0.1, 0.15) is 5.60 Å². The van der Waals surface area contributed by atoms with Gasteiger partial charge in [-0.2, -0.15) is 0 Å². The molecule has 0 saturated carbocycles. The van der Waals surface area contributed by atoms with Crippen molar-refractivity contribution in [3.05, 3.63) is 40.9 Å². The fraction of sp³-hybridized carbons (Fsp3) is 0.591.